The summed E-state index contributed by atoms with van der Waals surface area (Å²) in [5.41, 5.74) is 3.86. The largest absolute Gasteiger partial charge is 0.433 e. The molecule has 0 aromatic carbocycles. The summed E-state index contributed by atoms with van der Waals surface area (Å²) >= 11 is 1.27. The van der Waals surface area contributed by atoms with Gasteiger partial charge in [-0.25, -0.2) is 9.50 Å². The van der Waals surface area contributed by atoms with Gasteiger partial charge in [-0.1, -0.05) is 6.07 Å². The molecule has 0 saturated heterocycles. The zero-order valence-electron chi connectivity index (χ0n) is 10.3. The van der Waals surface area contributed by atoms with Gasteiger partial charge in [-0.05, 0) is 17.5 Å². The maximum absolute atomic E-state index is 13.1. The van der Waals surface area contributed by atoms with Crippen molar-refractivity contribution in [3.05, 3.63) is 41.0 Å². The minimum atomic E-state index is -4.63. The zero-order valence-corrected chi connectivity index (χ0v) is 11.1. The van der Waals surface area contributed by atoms with Gasteiger partial charge in [0.2, 0.25) is 0 Å². The molecule has 5 nitrogen and oxygen atoms in total. The molecule has 9 heteroatoms. The summed E-state index contributed by atoms with van der Waals surface area (Å²) < 4.78 is 40.0. The van der Waals surface area contributed by atoms with E-state index >= 15 is 0 Å². The minimum absolute atomic E-state index is 0.0815. The highest BCUT2D eigenvalue weighted by Crippen LogP contribution is 2.33. The Morgan fingerprint density at radius 2 is 2.10 bits per heavy atom. The predicted molar refractivity (Wildman–Crippen MR) is 69.8 cm³/mol. The van der Waals surface area contributed by atoms with E-state index in [1.165, 1.54) is 11.3 Å². The van der Waals surface area contributed by atoms with Crippen LogP contribution in [0.5, 0.6) is 0 Å². The first-order valence-electron chi connectivity index (χ1n) is 5.68. The van der Waals surface area contributed by atoms with Crippen molar-refractivity contribution in [2.24, 2.45) is 5.73 Å². The molecule has 3 aromatic heterocycles. The number of nitrogens with zero attached hydrogens (tertiary/aromatic N) is 3. The van der Waals surface area contributed by atoms with E-state index in [2.05, 4.69) is 10.1 Å². The molecule has 3 aromatic rings. The Morgan fingerprint density at radius 1 is 1.33 bits per heavy atom. The van der Waals surface area contributed by atoms with Crippen LogP contribution in [0.2, 0.25) is 0 Å². The molecular formula is C12H7F3N4OS. The normalized spacial score (nSPS) is 12.0. The summed E-state index contributed by atoms with van der Waals surface area (Å²) in [5, 5.41) is 5.30. The van der Waals surface area contributed by atoms with Crippen LogP contribution in [-0.4, -0.2) is 20.5 Å². The van der Waals surface area contributed by atoms with Crippen molar-refractivity contribution in [2.75, 3.05) is 0 Å². The van der Waals surface area contributed by atoms with E-state index in [0.717, 1.165) is 12.1 Å². The lowest BCUT2D eigenvalue weighted by Crippen LogP contribution is -2.15. The van der Waals surface area contributed by atoms with Crippen LogP contribution in [0, 0.1) is 0 Å². The molecule has 108 valence electrons. The second-order valence-electron chi connectivity index (χ2n) is 4.17. The second-order valence-corrected chi connectivity index (χ2v) is 5.11. The van der Waals surface area contributed by atoms with Crippen LogP contribution in [0.3, 0.4) is 0 Å². The van der Waals surface area contributed by atoms with E-state index in [4.69, 9.17) is 5.73 Å². The maximum atomic E-state index is 13.1. The number of halogens is 3. The third kappa shape index (κ3) is 2.35. The summed E-state index contributed by atoms with van der Waals surface area (Å²) in [4.78, 5) is 15.8. The SMILES string of the molecule is NC(=O)c1cc2nc(-c3cccs3)cc(C(F)(F)F)n2n1. The summed E-state index contributed by atoms with van der Waals surface area (Å²) in [6, 6.07) is 5.41. The number of hydrogen-bond acceptors (Lipinski definition) is 4. The molecule has 0 radical (unpaired) electrons. The van der Waals surface area contributed by atoms with Crippen molar-refractivity contribution in [3.8, 4) is 10.6 Å². The molecule has 0 bridgehead atoms. The zero-order chi connectivity index (χ0) is 15.2. The highest BCUT2D eigenvalue weighted by atomic mass is 32.1. The molecule has 21 heavy (non-hydrogen) atoms. The van der Waals surface area contributed by atoms with Gasteiger partial charge in [0.05, 0.1) is 10.6 Å². The van der Waals surface area contributed by atoms with E-state index in [1.54, 1.807) is 17.5 Å². The van der Waals surface area contributed by atoms with Crippen LogP contribution < -0.4 is 5.73 Å². The van der Waals surface area contributed by atoms with Crippen molar-refractivity contribution in [2.45, 2.75) is 6.18 Å². The van der Waals surface area contributed by atoms with Crippen LogP contribution in [0.25, 0.3) is 16.2 Å². The average Bonchev–Trinajstić information content (AvgIpc) is 3.05. The molecule has 0 aliphatic rings. The molecule has 1 amide bonds. The van der Waals surface area contributed by atoms with Gasteiger partial charge in [-0.15, -0.1) is 11.3 Å². The lowest BCUT2D eigenvalue weighted by atomic mass is 10.2. The van der Waals surface area contributed by atoms with Crippen LogP contribution in [-0.2, 0) is 6.18 Å². The molecule has 0 aliphatic carbocycles. The monoisotopic (exact) mass is 312 g/mol. The molecule has 3 rings (SSSR count). The van der Waals surface area contributed by atoms with E-state index in [0.29, 0.717) is 9.39 Å². The number of amides is 1. The Balaban J connectivity index is 2.32. The average molecular weight is 312 g/mol. The van der Waals surface area contributed by atoms with Gasteiger partial charge in [0.15, 0.2) is 17.0 Å². The lowest BCUT2D eigenvalue weighted by Gasteiger charge is -2.10. The number of carbonyl (C=O) groups excluding carboxylic acids is 1. The van der Waals surface area contributed by atoms with Crippen molar-refractivity contribution >= 4 is 22.9 Å². The fourth-order valence-electron chi connectivity index (χ4n) is 1.85. The number of hydrogen-bond donors (Lipinski definition) is 1. The van der Waals surface area contributed by atoms with Crippen molar-refractivity contribution in [3.63, 3.8) is 0 Å². The van der Waals surface area contributed by atoms with E-state index in [9.17, 15) is 18.0 Å². The number of primary amides is 1. The number of fused-ring (bicyclic) bond motifs is 1. The molecule has 0 atom stereocenters. The second kappa shape index (κ2) is 4.55. The fourth-order valence-corrected chi connectivity index (χ4v) is 2.53. The van der Waals surface area contributed by atoms with Gasteiger partial charge in [0.25, 0.3) is 5.91 Å². The summed E-state index contributed by atoms with van der Waals surface area (Å²) in [7, 11) is 0. The van der Waals surface area contributed by atoms with Gasteiger partial charge in [-0.2, -0.15) is 18.3 Å². The number of nitrogens with two attached hydrogens (primary N) is 1. The molecule has 0 unspecified atom stereocenters. The molecule has 0 saturated carbocycles. The topological polar surface area (TPSA) is 73.3 Å². The Hall–Kier alpha value is -2.42. The molecule has 0 fully saturated rings. The highest BCUT2D eigenvalue weighted by Gasteiger charge is 2.35. The van der Waals surface area contributed by atoms with Crippen molar-refractivity contribution in [1.82, 2.24) is 14.6 Å². The van der Waals surface area contributed by atoms with Crippen LogP contribution >= 0.6 is 11.3 Å². The van der Waals surface area contributed by atoms with Gasteiger partial charge in [-0.3, -0.25) is 4.79 Å². The van der Waals surface area contributed by atoms with Gasteiger partial charge in [0, 0.05) is 6.07 Å². The number of aromatic nitrogens is 3. The molecule has 0 spiro atoms. The van der Waals surface area contributed by atoms with Gasteiger partial charge < -0.3 is 5.73 Å². The van der Waals surface area contributed by atoms with E-state index in [1.807, 2.05) is 0 Å². The first kappa shape index (κ1) is 13.6. The Bertz CT molecular complexity index is 823. The Labute approximate surface area is 119 Å². The molecule has 2 N–H and O–H groups in total. The smallest absolute Gasteiger partial charge is 0.364 e. The van der Waals surface area contributed by atoms with E-state index < -0.39 is 17.8 Å². The first-order valence-corrected chi connectivity index (χ1v) is 6.56. The Kier molecular flexibility index (Phi) is 2.94. The van der Waals surface area contributed by atoms with E-state index in [-0.39, 0.29) is 17.0 Å². The molecule has 3 heterocycles. The third-order valence-electron chi connectivity index (χ3n) is 2.74. The maximum Gasteiger partial charge on any atom is 0.433 e. The summed E-state index contributed by atoms with van der Waals surface area (Å²) in [5.74, 6) is -0.911. The summed E-state index contributed by atoms with van der Waals surface area (Å²) in [6.45, 7) is 0. The van der Waals surface area contributed by atoms with Crippen molar-refractivity contribution in [1.29, 1.82) is 0 Å². The van der Waals surface area contributed by atoms with Gasteiger partial charge in [0.1, 0.15) is 0 Å². The fraction of sp³-hybridized carbons (Fsp3) is 0.0833. The minimum Gasteiger partial charge on any atom is -0.364 e. The summed E-state index contributed by atoms with van der Waals surface area (Å²) in [6.07, 6.45) is -4.63. The predicted octanol–water partition coefficient (Wildman–Crippen LogP) is 2.58. The molecule has 0 aliphatic heterocycles. The first-order chi connectivity index (χ1) is 9.86. The standard InChI is InChI=1S/C12H7F3N4OS/c13-12(14,15)9-4-6(8-2-1-3-21-8)17-10-5-7(11(16)20)18-19(9)10/h1-5H,(H2,16,20). The van der Waals surface area contributed by atoms with Crippen LogP contribution in [0.1, 0.15) is 16.2 Å². The number of alkyl halides is 3. The lowest BCUT2D eigenvalue weighted by molar-refractivity contribution is -0.142. The quantitative estimate of drug-likeness (QED) is 0.790. The van der Waals surface area contributed by atoms with Crippen LogP contribution in [0.15, 0.2) is 29.6 Å². The highest BCUT2D eigenvalue weighted by molar-refractivity contribution is 7.13. The van der Waals surface area contributed by atoms with Crippen molar-refractivity contribution < 1.29 is 18.0 Å². The van der Waals surface area contributed by atoms with Crippen LogP contribution in [0.4, 0.5) is 13.2 Å². The number of rotatable bonds is 2. The number of thiophene rings is 1. The third-order valence-corrected chi connectivity index (χ3v) is 3.64. The molecular weight excluding hydrogens is 305 g/mol. The Morgan fingerprint density at radius 3 is 2.67 bits per heavy atom. The van der Waals surface area contributed by atoms with Gasteiger partial charge >= 0.3 is 6.18 Å². The number of carbonyl (C=O) groups is 1.